The molecule has 134 valence electrons. The highest BCUT2D eigenvalue weighted by atomic mass is 19.4. The van der Waals surface area contributed by atoms with Crippen LogP contribution in [0.4, 0.5) is 33.3 Å². The van der Waals surface area contributed by atoms with Crippen LogP contribution < -0.4 is 5.32 Å². The smallest absolute Gasteiger partial charge is 0.386 e. The van der Waals surface area contributed by atoms with E-state index in [0.29, 0.717) is 6.07 Å². The molecule has 0 spiro atoms. The minimum atomic E-state index is -4.90. The highest BCUT2D eigenvalue weighted by molar-refractivity contribution is 5.57. The Hall–Kier alpha value is -2.75. The standard InChI is InChI=1S/C15H11F5N2O3/c16-10-2-1-3-11(17)14(10)13(23)7-21-12-5-4-8(22(24)25)6-9(12)15(18,19)20/h1-6,13,21,23H,7H2. The second-order valence-corrected chi connectivity index (χ2v) is 5.02. The normalized spacial score (nSPS) is 12.7. The third-order valence-electron chi connectivity index (χ3n) is 3.34. The number of alkyl halides is 3. The van der Waals surface area contributed by atoms with Crippen LogP contribution in [-0.4, -0.2) is 16.6 Å². The van der Waals surface area contributed by atoms with Gasteiger partial charge in [-0.15, -0.1) is 0 Å². The summed E-state index contributed by atoms with van der Waals surface area (Å²) >= 11 is 0. The van der Waals surface area contributed by atoms with Crippen molar-refractivity contribution in [2.75, 3.05) is 11.9 Å². The summed E-state index contributed by atoms with van der Waals surface area (Å²) in [5.41, 5.74) is -3.35. The Bertz CT molecular complexity index is 775. The number of aliphatic hydroxyl groups is 1. The summed E-state index contributed by atoms with van der Waals surface area (Å²) in [4.78, 5) is 9.63. The fraction of sp³-hybridized carbons (Fsp3) is 0.200. The molecule has 5 nitrogen and oxygen atoms in total. The Labute approximate surface area is 137 Å². The van der Waals surface area contributed by atoms with Gasteiger partial charge in [0.05, 0.1) is 16.1 Å². The predicted molar refractivity (Wildman–Crippen MR) is 77.9 cm³/mol. The number of anilines is 1. The molecule has 2 aromatic rings. The van der Waals surface area contributed by atoms with Crippen molar-refractivity contribution in [3.05, 3.63) is 69.3 Å². The average molecular weight is 362 g/mol. The van der Waals surface area contributed by atoms with Gasteiger partial charge in [-0.3, -0.25) is 10.1 Å². The van der Waals surface area contributed by atoms with Gasteiger partial charge in [-0.25, -0.2) is 8.78 Å². The third-order valence-corrected chi connectivity index (χ3v) is 3.34. The van der Waals surface area contributed by atoms with Gasteiger partial charge in [0, 0.05) is 24.4 Å². The van der Waals surface area contributed by atoms with Crippen LogP contribution in [0.5, 0.6) is 0 Å². The van der Waals surface area contributed by atoms with E-state index in [4.69, 9.17) is 0 Å². The Kier molecular flexibility index (Phi) is 5.21. The molecule has 0 saturated carbocycles. The summed E-state index contributed by atoms with van der Waals surface area (Å²) in [6.45, 7) is -0.640. The van der Waals surface area contributed by atoms with Gasteiger partial charge in [0.25, 0.3) is 5.69 Å². The van der Waals surface area contributed by atoms with E-state index in [2.05, 4.69) is 5.32 Å². The van der Waals surface area contributed by atoms with Crippen molar-refractivity contribution in [2.45, 2.75) is 12.3 Å². The second kappa shape index (κ2) is 7.01. The maximum Gasteiger partial charge on any atom is 0.418 e. The maximum atomic E-state index is 13.6. The molecule has 0 saturated heterocycles. The van der Waals surface area contributed by atoms with Gasteiger partial charge in [-0.2, -0.15) is 13.2 Å². The summed E-state index contributed by atoms with van der Waals surface area (Å²) in [5, 5.41) is 22.7. The van der Waals surface area contributed by atoms with Crippen LogP contribution in [0, 0.1) is 21.7 Å². The Morgan fingerprint density at radius 1 is 1.16 bits per heavy atom. The molecule has 2 N–H and O–H groups in total. The minimum absolute atomic E-state index is 0.332. The lowest BCUT2D eigenvalue weighted by atomic mass is 10.1. The Morgan fingerprint density at radius 2 is 1.76 bits per heavy atom. The topological polar surface area (TPSA) is 75.4 Å². The molecular weight excluding hydrogens is 351 g/mol. The van der Waals surface area contributed by atoms with Crippen LogP contribution in [0.25, 0.3) is 0 Å². The first-order valence-corrected chi connectivity index (χ1v) is 6.82. The molecule has 0 amide bonds. The fourth-order valence-electron chi connectivity index (χ4n) is 2.17. The number of nitrogens with zero attached hydrogens (tertiary/aromatic N) is 1. The van der Waals surface area contributed by atoms with Crippen molar-refractivity contribution in [3.63, 3.8) is 0 Å². The van der Waals surface area contributed by atoms with Crippen molar-refractivity contribution in [3.8, 4) is 0 Å². The molecule has 0 bridgehead atoms. The lowest BCUT2D eigenvalue weighted by Gasteiger charge is -2.18. The van der Waals surface area contributed by atoms with Crippen molar-refractivity contribution >= 4 is 11.4 Å². The van der Waals surface area contributed by atoms with Gasteiger partial charge in [0.1, 0.15) is 17.7 Å². The van der Waals surface area contributed by atoms with Crippen LogP contribution >= 0.6 is 0 Å². The molecule has 0 aromatic heterocycles. The highest BCUT2D eigenvalue weighted by Gasteiger charge is 2.35. The number of hydrogen-bond donors (Lipinski definition) is 2. The first-order valence-electron chi connectivity index (χ1n) is 6.82. The van der Waals surface area contributed by atoms with E-state index in [-0.39, 0.29) is 0 Å². The van der Waals surface area contributed by atoms with E-state index < -0.39 is 57.9 Å². The first kappa shape index (κ1) is 18.6. The van der Waals surface area contributed by atoms with Gasteiger partial charge < -0.3 is 10.4 Å². The molecule has 10 heteroatoms. The van der Waals surface area contributed by atoms with E-state index in [9.17, 15) is 37.2 Å². The fourth-order valence-corrected chi connectivity index (χ4v) is 2.17. The molecule has 1 unspecified atom stereocenters. The van der Waals surface area contributed by atoms with Gasteiger partial charge in [0.15, 0.2) is 0 Å². The van der Waals surface area contributed by atoms with E-state index >= 15 is 0 Å². The molecular formula is C15H11F5N2O3. The monoisotopic (exact) mass is 362 g/mol. The minimum Gasteiger partial charge on any atom is -0.386 e. The summed E-state index contributed by atoms with van der Waals surface area (Å²) in [7, 11) is 0. The van der Waals surface area contributed by atoms with Crippen LogP contribution in [0.1, 0.15) is 17.2 Å². The number of hydrogen-bond acceptors (Lipinski definition) is 4. The summed E-state index contributed by atoms with van der Waals surface area (Å²) in [6, 6.07) is 4.85. The summed E-state index contributed by atoms with van der Waals surface area (Å²) < 4.78 is 66.2. The number of halogens is 5. The predicted octanol–water partition coefficient (Wildman–Crippen LogP) is 4.04. The summed E-state index contributed by atoms with van der Waals surface area (Å²) in [5.74, 6) is -2.09. The zero-order valence-corrected chi connectivity index (χ0v) is 12.3. The Balaban J connectivity index is 2.27. The molecule has 0 heterocycles. The number of aliphatic hydroxyl groups excluding tert-OH is 1. The van der Waals surface area contributed by atoms with Gasteiger partial charge >= 0.3 is 6.18 Å². The molecule has 2 rings (SSSR count). The maximum absolute atomic E-state index is 13.6. The van der Waals surface area contributed by atoms with Gasteiger partial charge in [-0.05, 0) is 18.2 Å². The van der Waals surface area contributed by atoms with E-state index in [1.54, 1.807) is 0 Å². The van der Waals surface area contributed by atoms with Crippen molar-refractivity contribution in [1.82, 2.24) is 0 Å². The molecule has 0 fully saturated rings. The molecule has 1 atom stereocenters. The summed E-state index contributed by atoms with van der Waals surface area (Å²) in [6.07, 6.45) is -6.67. The lowest BCUT2D eigenvalue weighted by molar-refractivity contribution is -0.385. The zero-order chi connectivity index (χ0) is 18.8. The largest absolute Gasteiger partial charge is 0.418 e. The number of non-ortho nitro benzene ring substituents is 1. The van der Waals surface area contributed by atoms with Crippen LogP contribution in [-0.2, 0) is 6.18 Å². The van der Waals surface area contributed by atoms with Crippen molar-refractivity contribution < 1.29 is 32.0 Å². The molecule has 25 heavy (non-hydrogen) atoms. The van der Waals surface area contributed by atoms with Gasteiger partial charge in [-0.1, -0.05) is 6.07 Å². The SMILES string of the molecule is O=[N+]([O-])c1ccc(NCC(O)c2c(F)cccc2F)c(C(F)(F)F)c1. The van der Waals surface area contributed by atoms with E-state index in [1.165, 1.54) is 0 Å². The van der Waals surface area contributed by atoms with Crippen LogP contribution in [0.3, 0.4) is 0 Å². The van der Waals surface area contributed by atoms with E-state index in [1.807, 2.05) is 0 Å². The zero-order valence-electron chi connectivity index (χ0n) is 12.3. The van der Waals surface area contributed by atoms with Gasteiger partial charge in [0.2, 0.25) is 0 Å². The number of rotatable bonds is 5. The quantitative estimate of drug-likeness (QED) is 0.478. The first-order chi connectivity index (χ1) is 11.6. The molecule has 0 radical (unpaired) electrons. The molecule has 2 aromatic carbocycles. The lowest BCUT2D eigenvalue weighted by Crippen LogP contribution is -2.18. The third kappa shape index (κ3) is 4.21. The van der Waals surface area contributed by atoms with E-state index in [0.717, 1.165) is 30.3 Å². The number of nitro groups is 1. The van der Waals surface area contributed by atoms with Crippen molar-refractivity contribution in [1.29, 1.82) is 0 Å². The highest BCUT2D eigenvalue weighted by Crippen LogP contribution is 2.37. The Morgan fingerprint density at radius 3 is 2.28 bits per heavy atom. The van der Waals surface area contributed by atoms with Crippen molar-refractivity contribution in [2.24, 2.45) is 0 Å². The molecule has 0 aliphatic heterocycles. The van der Waals surface area contributed by atoms with Crippen LogP contribution in [0.15, 0.2) is 36.4 Å². The van der Waals surface area contributed by atoms with Crippen LogP contribution in [0.2, 0.25) is 0 Å². The average Bonchev–Trinajstić information content (AvgIpc) is 2.51. The second-order valence-electron chi connectivity index (χ2n) is 5.02. The number of nitrogens with one attached hydrogen (secondary N) is 1. The number of benzene rings is 2. The number of nitro benzene ring substituents is 1. The molecule has 0 aliphatic carbocycles. The molecule has 0 aliphatic rings.